The molecule has 0 rings (SSSR count). The number of hydrogen-bond donors (Lipinski definition) is 1. The van der Waals surface area contributed by atoms with E-state index in [0.29, 0.717) is 65.3 Å². The summed E-state index contributed by atoms with van der Waals surface area (Å²) in [5, 5.41) is 2.84. The van der Waals surface area contributed by atoms with E-state index in [1.54, 1.807) is 0 Å². The summed E-state index contributed by atoms with van der Waals surface area (Å²) in [5.41, 5.74) is 0. The zero-order chi connectivity index (χ0) is 20.2. The van der Waals surface area contributed by atoms with E-state index in [4.69, 9.17) is 18.9 Å². The number of nitrogens with one attached hydrogen (secondary N) is 1. The van der Waals surface area contributed by atoms with Gasteiger partial charge in [-0.25, -0.2) is 0 Å². The Kier molecular flexibility index (Phi) is 18.8. The Morgan fingerprint density at radius 3 is 2.00 bits per heavy atom. The van der Waals surface area contributed by atoms with Crippen molar-refractivity contribution in [3.05, 3.63) is 0 Å². The van der Waals surface area contributed by atoms with Crippen LogP contribution >= 0.6 is 0 Å². The monoisotopic (exact) mass is 385 g/mol. The SMILES string of the molecule is CCCC(C)C#CCOCCOCCOCCOCCNC(=O)C(C)CC. The predicted octanol–water partition coefficient (Wildman–Crippen LogP) is 2.65. The maximum Gasteiger partial charge on any atom is 0.222 e. The van der Waals surface area contributed by atoms with Gasteiger partial charge >= 0.3 is 0 Å². The van der Waals surface area contributed by atoms with Crippen LogP contribution in [-0.4, -0.2) is 65.3 Å². The van der Waals surface area contributed by atoms with Crippen molar-refractivity contribution in [3.8, 4) is 11.8 Å². The Labute approximate surface area is 165 Å². The zero-order valence-electron chi connectivity index (χ0n) is 17.7. The largest absolute Gasteiger partial charge is 0.377 e. The summed E-state index contributed by atoms with van der Waals surface area (Å²) in [4.78, 5) is 11.5. The van der Waals surface area contributed by atoms with Crippen LogP contribution in [0.4, 0.5) is 0 Å². The van der Waals surface area contributed by atoms with Gasteiger partial charge in [0.1, 0.15) is 6.61 Å². The van der Waals surface area contributed by atoms with Gasteiger partial charge in [0.25, 0.3) is 0 Å². The van der Waals surface area contributed by atoms with E-state index < -0.39 is 0 Å². The summed E-state index contributed by atoms with van der Waals surface area (Å²) >= 11 is 0. The van der Waals surface area contributed by atoms with E-state index in [-0.39, 0.29) is 11.8 Å². The van der Waals surface area contributed by atoms with Gasteiger partial charge in [-0.3, -0.25) is 4.79 Å². The lowest BCUT2D eigenvalue weighted by molar-refractivity contribution is -0.124. The molecule has 27 heavy (non-hydrogen) atoms. The second-order valence-corrected chi connectivity index (χ2v) is 6.50. The predicted molar refractivity (Wildman–Crippen MR) is 108 cm³/mol. The normalized spacial score (nSPS) is 12.9. The Hall–Kier alpha value is -1.13. The van der Waals surface area contributed by atoms with E-state index in [1.807, 2.05) is 13.8 Å². The molecule has 0 heterocycles. The molecule has 0 aliphatic carbocycles. The molecule has 0 aromatic rings. The first-order valence-electron chi connectivity index (χ1n) is 10.2. The molecule has 2 atom stereocenters. The lowest BCUT2D eigenvalue weighted by Crippen LogP contribution is -2.31. The van der Waals surface area contributed by atoms with Crippen molar-refractivity contribution >= 4 is 5.91 Å². The summed E-state index contributed by atoms with van der Waals surface area (Å²) in [7, 11) is 0. The Bertz CT molecular complexity index is 405. The third kappa shape index (κ3) is 18.0. The van der Waals surface area contributed by atoms with E-state index in [0.717, 1.165) is 19.3 Å². The highest BCUT2D eigenvalue weighted by atomic mass is 16.6. The van der Waals surface area contributed by atoms with Crippen LogP contribution in [0.5, 0.6) is 0 Å². The Balaban J connectivity index is 3.22. The average molecular weight is 386 g/mol. The molecule has 1 amide bonds. The molecular weight excluding hydrogens is 346 g/mol. The molecule has 1 N–H and O–H groups in total. The summed E-state index contributed by atoms with van der Waals surface area (Å²) in [6, 6.07) is 0. The topological polar surface area (TPSA) is 66.0 Å². The van der Waals surface area contributed by atoms with E-state index in [9.17, 15) is 4.79 Å². The van der Waals surface area contributed by atoms with Crippen LogP contribution in [0.15, 0.2) is 0 Å². The lowest BCUT2D eigenvalue weighted by atomic mass is 10.1. The molecule has 0 aliphatic heterocycles. The Morgan fingerprint density at radius 1 is 0.889 bits per heavy atom. The molecule has 0 radical (unpaired) electrons. The van der Waals surface area contributed by atoms with Gasteiger partial charge in [0.05, 0.1) is 46.2 Å². The van der Waals surface area contributed by atoms with Crippen LogP contribution in [0, 0.1) is 23.7 Å². The number of hydrogen-bond acceptors (Lipinski definition) is 5. The second-order valence-electron chi connectivity index (χ2n) is 6.50. The third-order valence-corrected chi connectivity index (χ3v) is 3.97. The van der Waals surface area contributed by atoms with Crippen LogP contribution in [0.1, 0.15) is 47.0 Å². The van der Waals surface area contributed by atoms with Gasteiger partial charge in [-0.05, 0) is 12.8 Å². The molecule has 158 valence electrons. The molecule has 0 spiro atoms. The molecule has 6 heteroatoms. The van der Waals surface area contributed by atoms with Gasteiger partial charge in [-0.1, -0.05) is 46.0 Å². The average Bonchev–Trinajstić information content (AvgIpc) is 2.66. The van der Waals surface area contributed by atoms with Crippen molar-refractivity contribution in [2.75, 3.05) is 59.4 Å². The smallest absolute Gasteiger partial charge is 0.222 e. The fourth-order valence-corrected chi connectivity index (χ4v) is 2.11. The van der Waals surface area contributed by atoms with Crippen LogP contribution in [0.25, 0.3) is 0 Å². The molecule has 2 unspecified atom stereocenters. The van der Waals surface area contributed by atoms with E-state index in [1.165, 1.54) is 0 Å². The number of rotatable bonds is 17. The van der Waals surface area contributed by atoms with Crippen LogP contribution in [-0.2, 0) is 23.7 Å². The molecule has 0 aromatic carbocycles. The van der Waals surface area contributed by atoms with Gasteiger partial charge < -0.3 is 24.3 Å². The van der Waals surface area contributed by atoms with Gasteiger partial charge in [-0.2, -0.15) is 0 Å². The van der Waals surface area contributed by atoms with Gasteiger partial charge in [0, 0.05) is 18.4 Å². The van der Waals surface area contributed by atoms with Crippen LogP contribution in [0.2, 0.25) is 0 Å². The van der Waals surface area contributed by atoms with Crippen molar-refractivity contribution < 1.29 is 23.7 Å². The van der Waals surface area contributed by atoms with Crippen molar-refractivity contribution in [1.82, 2.24) is 5.32 Å². The van der Waals surface area contributed by atoms with Crippen molar-refractivity contribution in [3.63, 3.8) is 0 Å². The fourth-order valence-electron chi connectivity index (χ4n) is 2.11. The number of amides is 1. The van der Waals surface area contributed by atoms with Crippen molar-refractivity contribution in [2.45, 2.75) is 47.0 Å². The van der Waals surface area contributed by atoms with Gasteiger partial charge in [0.2, 0.25) is 5.91 Å². The highest BCUT2D eigenvalue weighted by Gasteiger charge is 2.08. The third-order valence-electron chi connectivity index (χ3n) is 3.97. The minimum Gasteiger partial charge on any atom is -0.377 e. The molecule has 0 aromatic heterocycles. The molecule has 0 bridgehead atoms. The summed E-state index contributed by atoms with van der Waals surface area (Å²) in [6.07, 6.45) is 3.15. The van der Waals surface area contributed by atoms with Crippen molar-refractivity contribution in [1.29, 1.82) is 0 Å². The highest BCUT2D eigenvalue weighted by Crippen LogP contribution is 2.01. The molecule has 0 saturated carbocycles. The Morgan fingerprint density at radius 2 is 1.44 bits per heavy atom. The standard InChI is InChI=1S/C21H39NO5/c1-5-8-19(3)9-7-11-24-13-15-26-17-18-27-16-14-25-12-10-22-21(23)20(4)6-2/h19-20H,5-6,8,10-18H2,1-4H3,(H,22,23). The molecule has 0 saturated heterocycles. The molecule has 6 nitrogen and oxygen atoms in total. The number of carbonyl (C=O) groups excluding carboxylic acids is 1. The highest BCUT2D eigenvalue weighted by molar-refractivity contribution is 5.78. The first kappa shape index (κ1) is 25.9. The molecule has 0 aliphatic rings. The summed E-state index contributed by atoms with van der Waals surface area (Å²) in [5.74, 6) is 6.79. The summed E-state index contributed by atoms with van der Waals surface area (Å²) < 4.78 is 21.6. The quantitative estimate of drug-likeness (QED) is 0.308. The van der Waals surface area contributed by atoms with Gasteiger partial charge in [0.15, 0.2) is 0 Å². The maximum atomic E-state index is 11.5. The minimum atomic E-state index is 0.0566. The van der Waals surface area contributed by atoms with Crippen molar-refractivity contribution in [2.24, 2.45) is 11.8 Å². The fraction of sp³-hybridized carbons (Fsp3) is 0.857. The first-order valence-corrected chi connectivity index (χ1v) is 10.2. The van der Waals surface area contributed by atoms with Gasteiger partial charge in [-0.15, -0.1) is 0 Å². The van der Waals surface area contributed by atoms with Crippen LogP contribution < -0.4 is 5.32 Å². The molecular formula is C21H39NO5. The lowest BCUT2D eigenvalue weighted by Gasteiger charge is -2.10. The van der Waals surface area contributed by atoms with E-state index >= 15 is 0 Å². The van der Waals surface area contributed by atoms with E-state index in [2.05, 4.69) is 31.0 Å². The number of ether oxygens (including phenoxy) is 4. The second kappa shape index (κ2) is 19.6. The minimum absolute atomic E-state index is 0.0566. The number of carbonyl (C=O) groups is 1. The van der Waals surface area contributed by atoms with Crippen LogP contribution in [0.3, 0.4) is 0 Å². The molecule has 0 fully saturated rings. The summed E-state index contributed by atoms with van der Waals surface area (Å²) in [6.45, 7) is 12.9. The zero-order valence-corrected chi connectivity index (χ0v) is 17.7. The maximum absolute atomic E-state index is 11.5. The first-order chi connectivity index (χ1) is 13.1.